The van der Waals surface area contributed by atoms with Crippen LogP contribution in [0.1, 0.15) is 19.8 Å². The van der Waals surface area contributed by atoms with E-state index in [1.54, 1.807) is 0 Å². The molecule has 22 heavy (non-hydrogen) atoms. The summed E-state index contributed by atoms with van der Waals surface area (Å²) >= 11 is 12.1. The van der Waals surface area contributed by atoms with Crippen LogP contribution in [0.3, 0.4) is 0 Å². The minimum atomic E-state index is 0.732. The smallest absolute Gasteiger partial charge is 0.0477 e. The Morgan fingerprint density at radius 3 is 1.64 bits per heavy atom. The third-order valence-corrected chi connectivity index (χ3v) is 4.44. The van der Waals surface area contributed by atoms with Crippen molar-refractivity contribution in [2.75, 3.05) is 4.90 Å². The maximum atomic E-state index is 6.03. The molecule has 0 heterocycles. The van der Waals surface area contributed by atoms with Gasteiger partial charge in [0, 0.05) is 27.1 Å². The molecule has 0 radical (unpaired) electrons. The minimum absolute atomic E-state index is 0.732. The van der Waals surface area contributed by atoms with Crippen LogP contribution in [0, 0.1) is 0 Å². The van der Waals surface area contributed by atoms with Gasteiger partial charge in [-0.1, -0.05) is 29.8 Å². The van der Waals surface area contributed by atoms with Gasteiger partial charge in [-0.15, -0.1) is 0 Å². The summed E-state index contributed by atoms with van der Waals surface area (Å²) in [5.74, 6) is 0. The second kappa shape index (κ2) is 6.20. The molecule has 0 bridgehead atoms. The molecule has 0 aromatic heterocycles. The summed E-state index contributed by atoms with van der Waals surface area (Å²) in [6.45, 7) is 6.41. The molecule has 3 heteroatoms. The predicted molar refractivity (Wildman–Crippen MR) is 96.1 cm³/mol. The SMILES string of the molecule is C=C1CCC(C)=C1N(c1ccc(Cl)cc1)c1ccc(Cl)cc1. The Hall–Kier alpha value is -1.70. The molecule has 0 N–H and O–H groups in total. The Labute approximate surface area is 141 Å². The Bertz CT molecular complexity index is 682. The molecule has 0 saturated heterocycles. The van der Waals surface area contributed by atoms with Gasteiger partial charge in [0.15, 0.2) is 0 Å². The van der Waals surface area contributed by atoms with Gasteiger partial charge < -0.3 is 4.90 Å². The van der Waals surface area contributed by atoms with Crippen LogP contribution < -0.4 is 4.90 Å². The first kappa shape index (κ1) is 15.2. The van der Waals surface area contributed by atoms with Crippen LogP contribution in [0.15, 0.2) is 72.0 Å². The first-order valence-electron chi connectivity index (χ1n) is 7.25. The zero-order valence-electron chi connectivity index (χ0n) is 12.4. The topological polar surface area (TPSA) is 3.24 Å². The van der Waals surface area contributed by atoms with Gasteiger partial charge in [-0.3, -0.25) is 0 Å². The summed E-state index contributed by atoms with van der Waals surface area (Å²) < 4.78 is 0. The fraction of sp³-hybridized carbons (Fsp3) is 0.158. The maximum absolute atomic E-state index is 6.03. The monoisotopic (exact) mass is 329 g/mol. The van der Waals surface area contributed by atoms with Crippen LogP contribution in [0.4, 0.5) is 11.4 Å². The highest BCUT2D eigenvalue weighted by Gasteiger charge is 2.23. The van der Waals surface area contributed by atoms with Crippen molar-refractivity contribution in [3.63, 3.8) is 0 Å². The van der Waals surface area contributed by atoms with Gasteiger partial charge in [-0.05, 0) is 79.4 Å². The predicted octanol–water partition coefficient (Wildman–Crippen LogP) is 6.76. The molecule has 0 fully saturated rings. The number of anilines is 2. The zero-order chi connectivity index (χ0) is 15.7. The van der Waals surface area contributed by atoms with Crippen molar-refractivity contribution in [2.24, 2.45) is 0 Å². The summed E-state index contributed by atoms with van der Waals surface area (Å²) in [6.07, 6.45) is 2.07. The number of hydrogen-bond donors (Lipinski definition) is 0. The molecule has 0 amide bonds. The number of benzene rings is 2. The lowest BCUT2D eigenvalue weighted by Gasteiger charge is -2.28. The van der Waals surface area contributed by atoms with Gasteiger partial charge in [0.05, 0.1) is 0 Å². The van der Waals surface area contributed by atoms with Crippen molar-refractivity contribution in [2.45, 2.75) is 19.8 Å². The Morgan fingerprint density at radius 2 is 1.27 bits per heavy atom. The second-order valence-electron chi connectivity index (χ2n) is 5.52. The van der Waals surface area contributed by atoms with E-state index in [-0.39, 0.29) is 0 Å². The van der Waals surface area contributed by atoms with Crippen LogP contribution in [0.2, 0.25) is 10.0 Å². The minimum Gasteiger partial charge on any atom is -0.310 e. The Kier molecular flexibility index (Phi) is 4.28. The molecule has 3 rings (SSSR count). The summed E-state index contributed by atoms with van der Waals surface area (Å²) in [6, 6.07) is 15.8. The molecule has 1 aliphatic carbocycles. The van der Waals surface area contributed by atoms with Crippen molar-refractivity contribution in [3.05, 3.63) is 82.0 Å². The highest BCUT2D eigenvalue weighted by Crippen LogP contribution is 2.40. The molecule has 2 aromatic rings. The molecule has 112 valence electrons. The molecule has 0 saturated carbocycles. The van der Waals surface area contributed by atoms with Crippen molar-refractivity contribution in [1.82, 2.24) is 0 Å². The molecule has 0 spiro atoms. The fourth-order valence-corrected chi connectivity index (χ4v) is 3.07. The Balaban J connectivity index is 2.14. The summed E-state index contributed by atoms with van der Waals surface area (Å²) in [5, 5.41) is 1.46. The van der Waals surface area contributed by atoms with Crippen molar-refractivity contribution in [1.29, 1.82) is 0 Å². The normalized spacial score (nSPS) is 14.6. The van der Waals surface area contributed by atoms with E-state index in [1.165, 1.54) is 16.8 Å². The zero-order valence-corrected chi connectivity index (χ0v) is 14.0. The number of rotatable bonds is 3. The summed E-state index contributed by atoms with van der Waals surface area (Å²) in [7, 11) is 0. The van der Waals surface area contributed by atoms with E-state index < -0.39 is 0 Å². The van der Waals surface area contributed by atoms with E-state index in [1.807, 2.05) is 48.5 Å². The maximum Gasteiger partial charge on any atom is 0.0477 e. The third kappa shape index (κ3) is 2.92. The molecule has 0 atom stereocenters. The molecule has 0 unspecified atom stereocenters. The highest BCUT2D eigenvalue weighted by atomic mass is 35.5. The van der Waals surface area contributed by atoms with E-state index in [4.69, 9.17) is 23.2 Å². The van der Waals surface area contributed by atoms with Crippen LogP contribution >= 0.6 is 23.2 Å². The van der Waals surface area contributed by atoms with Crippen molar-refractivity contribution in [3.8, 4) is 0 Å². The van der Waals surface area contributed by atoms with E-state index in [0.29, 0.717) is 0 Å². The van der Waals surface area contributed by atoms with Crippen LogP contribution in [-0.2, 0) is 0 Å². The molecule has 2 aromatic carbocycles. The van der Waals surface area contributed by atoms with Gasteiger partial charge in [0.2, 0.25) is 0 Å². The highest BCUT2D eigenvalue weighted by molar-refractivity contribution is 6.31. The van der Waals surface area contributed by atoms with E-state index in [0.717, 1.165) is 34.3 Å². The lowest BCUT2D eigenvalue weighted by Crippen LogP contribution is -2.17. The molecule has 1 nitrogen and oxygen atoms in total. The first-order valence-corrected chi connectivity index (χ1v) is 8.01. The van der Waals surface area contributed by atoms with Gasteiger partial charge in [0.25, 0.3) is 0 Å². The van der Waals surface area contributed by atoms with Gasteiger partial charge in [-0.25, -0.2) is 0 Å². The molecular weight excluding hydrogens is 313 g/mol. The fourth-order valence-electron chi connectivity index (χ4n) is 2.81. The molecule has 0 aliphatic heterocycles. The lowest BCUT2D eigenvalue weighted by atomic mass is 10.1. The number of hydrogen-bond acceptors (Lipinski definition) is 1. The largest absolute Gasteiger partial charge is 0.310 e. The average molecular weight is 330 g/mol. The number of allylic oxidation sites excluding steroid dienone is 2. The van der Waals surface area contributed by atoms with E-state index >= 15 is 0 Å². The van der Waals surface area contributed by atoms with E-state index in [2.05, 4.69) is 18.4 Å². The van der Waals surface area contributed by atoms with Crippen molar-refractivity contribution < 1.29 is 0 Å². The van der Waals surface area contributed by atoms with Crippen LogP contribution in [0.5, 0.6) is 0 Å². The van der Waals surface area contributed by atoms with E-state index in [9.17, 15) is 0 Å². The van der Waals surface area contributed by atoms with Gasteiger partial charge in [0.1, 0.15) is 0 Å². The number of nitrogens with zero attached hydrogens (tertiary/aromatic N) is 1. The molecular formula is C19H17Cl2N. The van der Waals surface area contributed by atoms with Gasteiger partial charge >= 0.3 is 0 Å². The summed E-state index contributed by atoms with van der Waals surface area (Å²) in [5.41, 5.74) is 5.87. The average Bonchev–Trinajstić information content (AvgIpc) is 2.83. The number of halogens is 2. The van der Waals surface area contributed by atoms with Gasteiger partial charge in [-0.2, -0.15) is 0 Å². The second-order valence-corrected chi connectivity index (χ2v) is 6.39. The summed E-state index contributed by atoms with van der Waals surface area (Å²) in [4.78, 5) is 2.23. The third-order valence-electron chi connectivity index (χ3n) is 3.93. The quantitative estimate of drug-likeness (QED) is 0.601. The van der Waals surface area contributed by atoms with Crippen LogP contribution in [-0.4, -0.2) is 0 Å². The Morgan fingerprint density at radius 1 is 0.818 bits per heavy atom. The standard InChI is InChI=1S/C19H17Cl2N/c1-13-3-4-14(2)19(13)22(17-9-5-15(20)6-10-17)18-11-7-16(21)8-12-18/h5-12H,1,3-4H2,2H3. The lowest BCUT2D eigenvalue weighted by molar-refractivity contribution is 1.01. The van der Waals surface area contributed by atoms with Crippen molar-refractivity contribution >= 4 is 34.6 Å². The molecule has 1 aliphatic rings. The first-order chi connectivity index (χ1) is 10.6. The van der Waals surface area contributed by atoms with Crippen LogP contribution in [0.25, 0.3) is 0 Å².